The van der Waals surface area contributed by atoms with Gasteiger partial charge in [-0.1, -0.05) is 48.5 Å². The molecule has 0 aliphatic heterocycles. The second-order valence-corrected chi connectivity index (χ2v) is 8.00. The zero-order valence-corrected chi connectivity index (χ0v) is 19.8. The Hall–Kier alpha value is -3.70. The maximum atomic E-state index is 13.7. The third-order valence-electron chi connectivity index (χ3n) is 5.61. The van der Waals surface area contributed by atoms with Crippen molar-refractivity contribution in [2.24, 2.45) is 0 Å². The molecule has 35 heavy (non-hydrogen) atoms. The maximum absolute atomic E-state index is 13.7. The average molecular weight is 475 g/mol. The van der Waals surface area contributed by atoms with Crippen LogP contribution in [0.4, 0.5) is 8.78 Å². The Balaban J connectivity index is 1.75. The molecular weight excluding hydrogens is 446 g/mol. The van der Waals surface area contributed by atoms with Crippen LogP contribution >= 0.6 is 0 Å². The maximum Gasteiger partial charge on any atom is 0.123 e. The van der Waals surface area contributed by atoms with Gasteiger partial charge in [-0.05, 0) is 84.6 Å². The second kappa shape index (κ2) is 11.6. The quantitative estimate of drug-likeness (QED) is 0.236. The highest BCUT2D eigenvalue weighted by Crippen LogP contribution is 2.37. The number of hydrogen-bond donors (Lipinski definition) is 0. The Bertz CT molecular complexity index is 1090. The molecule has 0 spiro atoms. The first-order valence-electron chi connectivity index (χ1n) is 11.7. The monoisotopic (exact) mass is 474 g/mol. The Morgan fingerprint density at radius 2 is 0.771 bits per heavy atom. The lowest BCUT2D eigenvalue weighted by Crippen LogP contribution is -2.13. The van der Waals surface area contributed by atoms with Crippen LogP contribution in [-0.4, -0.2) is 13.2 Å². The minimum Gasteiger partial charge on any atom is -0.494 e. The fraction of sp³-hybridized carbons (Fsp3) is 0.200. The summed E-state index contributed by atoms with van der Waals surface area (Å²) in [6.07, 6.45) is -1.01. The van der Waals surface area contributed by atoms with E-state index in [9.17, 15) is 8.78 Å². The molecule has 0 saturated carbocycles. The third kappa shape index (κ3) is 6.25. The van der Waals surface area contributed by atoms with E-state index in [1.807, 2.05) is 62.4 Å². The van der Waals surface area contributed by atoms with Crippen molar-refractivity contribution in [1.29, 1.82) is 0 Å². The van der Waals surface area contributed by atoms with Gasteiger partial charge >= 0.3 is 0 Å². The molecule has 0 amide bonds. The normalized spacial score (nSPS) is 12.7. The second-order valence-electron chi connectivity index (χ2n) is 8.00. The van der Waals surface area contributed by atoms with Gasteiger partial charge in [0.1, 0.15) is 35.3 Å². The highest BCUT2D eigenvalue weighted by Gasteiger charge is 2.24. The molecular formula is C30H28F2O3. The van der Waals surface area contributed by atoms with Crippen LogP contribution in [-0.2, 0) is 4.74 Å². The summed E-state index contributed by atoms with van der Waals surface area (Å²) in [5.74, 6) is 0.882. The van der Waals surface area contributed by atoms with Crippen LogP contribution in [0.3, 0.4) is 0 Å². The molecule has 0 bridgehead atoms. The lowest BCUT2D eigenvalue weighted by Gasteiger charge is -2.27. The molecule has 5 heteroatoms. The van der Waals surface area contributed by atoms with Gasteiger partial charge in [-0.3, -0.25) is 0 Å². The largest absolute Gasteiger partial charge is 0.494 e. The number of halogens is 2. The Labute approximate surface area is 204 Å². The first-order valence-corrected chi connectivity index (χ1v) is 11.7. The van der Waals surface area contributed by atoms with E-state index < -0.39 is 12.2 Å². The van der Waals surface area contributed by atoms with Crippen LogP contribution < -0.4 is 9.47 Å². The lowest BCUT2D eigenvalue weighted by atomic mass is 9.97. The predicted octanol–water partition coefficient (Wildman–Crippen LogP) is 7.66. The van der Waals surface area contributed by atoms with E-state index in [0.717, 1.165) is 33.8 Å². The predicted molar refractivity (Wildman–Crippen MR) is 133 cm³/mol. The summed E-state index contributed by atoms with van der Waals surface area (Å²) in [7, 11) is 0. The van der Waals surface area contributed by atoms with E-state index in [1.165, 1.54) is 24.3 Å². The molecule has 0 aromatic heterocycles. The Kier molecular flexibility index (Phi) is 8.11. The molecule has 0 aliphatic carbocycles. The molecule has 0 aliphatic rings. The first kappa shape index (κ1) is 24.4. The summed E-state index contributed by atoms with van der Waals surface area (Å²) in [6, 6.07) is 27.9. The number of rotatable bonds is 10. The van der Waals surface area contributed by atoms with Gasteiger partial charge < -0.3 is 14.2 Å². The minimum absolute atomic E-state index is 0.319. The van der Waals surface area contributed by atoms with Crippen LogP contribution in [0.15, 0.2) is 97.1 Å². The SMILES string of the molecule is CCOc1ccc(C(OC(c2ccc(F)cc2)c2ccc(OCC)cc2)c2ccc(F)cc2)cc1. The zero-order valence-electron chi connectivity index (χ0n) is 19.8. The van der Waals surface area contributed by atoms with Crippen molar-refractivity contribution in [2.45, 2.75) is 26.1 Å². The van der Waals surface area contributed by atoms with Crippen LogP contribution in [0.25, 0.3) is 0 Å². The molecule has 2 atom stereocenters. The van der Waals surface area contributed by atoms with E-state index in [-0.39, 0.29) is 11.6 Å². The standard InChI is InChI=1S/C30H28F2O3/c1-3-33-27-17-9-23(10-18-27)29(21-5-13-25(31)14-6-21)35-30(22-7-15-26(32)16-8-22)24-11-19-28(20-12-24)34-4-2/h5-20,29-30H,3-4H2,1-2H3. The Morgan fingerprint density at radius 3 is 1.06 bits per heavy atom. The molecule has 4 aromatic carbocycles. The van der Waals surface area contributed by atoms with Crippen molar-refractivity contribution in [3.05, 3.63) is 131 Å². The fourth-order valence-corrected chi connectivity index (χ4v) is 3.92. The average Bonchev–Trinajstić information content (AvgIpc) is 2.88. The molecule has 3 nitrogen and oxygen atoms in total. The summed E-state index contributed by atoms with van der Waals surface area (Å²) >= 11 is 0. The molecule has 4 rings (SSSR count). The van der Waals surface area contributed by atoms with Crippen molar-refractivity contribution in [2.75, 3.05) is 13.2 Å². The van der Waals surface area contributed by atoms with Gasteiger partial charge in [0.2, 0.25) is 0 Å². The zero-order chi connectivity index (χ0) is 24.6. The van der Waals surface area contributed by atoms with Gasteiger partial charge in [-0.2, -0.15) is 0 Å². The van der Waals surface area contributed by atoms with E-state index >= 15 is 0 Å². The van der Waals surface area contributed by atoms with Crippen molar-refractivity contribution in [3.63, 3.8) is 0 Å². The summed E-state index contributed by atoms with van der Waals surface area (Å²) in [4.78, 5) is 0. The molecule has 0 fully saturated rings. The summed E-state index contributed by atoms with van der Waals surface area (Å²) in [6.45, 7) is 5.01. The van der Waals surface area contributed by atoms with E-state index in [2.05, 4.69) is 0 Å². The van der Waals surface area contributed by atoms with Crippen LogP contribution in [0.1, 0.15) is 48.3 Å². The molecule has 180 valence electrons. The number of ether oxygens (including phenoxy) is 3. The molecule has 0 heterocycles. The van der Waals surface area contributed by atoms with Gasteiger partial charge in [0.15, 0.2) is 0 Å². The van der Waals surface area contributed by atoms with Crippen LogP contribution in [0.5, 0.6) is 11.5 Å². The topological polar surface area (TPSA) is 27.7 Å². The van der Waals surface area contributed by atoms with Gasteiger partial charge in [0, 0.05) is 0 Å². The third-order valence-corrected chi connectivity index (χ3v) is 5.61. The van der Waals surface area contributed by atoms with Crippen molar-refractivity contribution < 1.29 is 23.0 Å². The molecule has 0 N–H and O–H groups in total. The fourth-order valence-electron chi connectivity index (χ4n) is 3.92. The summed E-state index contributed by atoms with van der Waals surface area (Å²) < 4.78 is 45.4. The molecule has 0 saturated heterocycles. The first-order chi connectivity index (χ1) is 17.1. The van der Waals surface area contributed by atoms with Gasteiger partial charge in [-0.25, -0.2) is 8.78 Å². The number of hydrogen-bond acceptors (Lipinski definition) is 3. The van der Waals surface area contributed by atoms with Gasteiger partial charge in [0.25, 0.3) is 0 Å². The lowest BCUT2D eigenvalue weighted by molar-refractivity contribution is 0.0307. The summed E-state index contributed by atoms with van der Waals surface area (Å²) in [5.41, 5.74) is 3.37. The smallest absolute Gasteiger partial charge is 0.123 e. The van der Waals surface area contributed by atoms with E-state index in [1.54, 1.807) is 24.3 Å². The van der Waals surface area contributed by atoms with Gasteiger partial charge in [-0.15, -0.1) is 0 Å². The molecule has 4 aromatic rings. The Morgan fingerprint density at radius 1 is 0.486 bits per heavy atom. The minimum atomic E-state index is -0.507. The van der Waals surface area contributed by atoms with Crippen molar-refractivity contribution in [1.82, 2.24) is 0 Å². The number of benzene rings is 4. The van der Waals surface area contributed by atoms with Gasteiger partial charge in [0.05, 0.1) is 13.2 Å². The van der Waals surface area contributed by atoms with E-state index in [0.29, 0.717) is 13.2 Å². The van der Waals surface area contributed by atoms with Crippen LogP contribution in [0.2, 0.25) is 0 Å². The molecule has 2 unspecified atom stereocenters. The molecule has 0 radical (unpaired) electrons. The highest BCUT2D eigenvalue weighted by molar-refractivity contribution is 5.38. The van der Waals surface area contributed by atoms with E-state index in [4.69, 9.17) is 14.2 Å². The van der Waals surface area contributed by atoms with Crippen molar-refractivity contribution >= 4 is 0 Å². The van der Waals surface area contributed by atoms with Crippen LogP contribution in [0, 0.1) is 11.6 Å². The highest BCUT2D eigenvalue weighted by atomic mass is 19.1. The van der Waals surface area contributed by atoms with Crippen molar-refractivity contribution in [3.8, 4) is 11.5 Å². The summed E-state index contributed by atoms with van der Waals surface area (Å²) in [5, 5.41) is 0.